The molecular formula is C37H61NO8. The molecule has 0 spiro atoms. The highest BCUT2D eigenvalue weighted by Gasteiger charge is 2.11. The number of ether oxygens (including phenoxy) is 4. The first-order valence-electron chi connectivity index (χ1n) is 17.6. The van der Waals surface area contributed by atoms with Crippen LogP contribution in [0.1, 0.15) is 146 Å². The van der Waals surface area contributed by atoms with E-state index >= 15 is 0 Å². The third kappa shape index (κ3) is 23.4. The van der Waals surface area contributed by atoms with Crippen LogP contribution in [0.5, 0.6) is 0 Å². The number of unbranched alkanes of at least 4 members (excludes halogenated alkanes) is 11. The molecule has 0 saturated heterocycles. The second-order valence-corrected chi connectivity index (χ2v) is 12.4. The lowest BCUT2D eigenvalue weighted by Gasteiger charge is -2.14. The van der Waals surface area contributed by atoms with E-state index in [1.165, 1.54) is 19.3 Å². The van der Waals surface area contributed by atoms with Gasteiger partial charge < -0.3 is 23.8 Å². The number of carbonyl (C=O) groups is 4. The summed E-state index contributed by atoms with van der Waals surface area (Å²) in [6.07, 6.45) is 15.6. The van der Waals surface area contributed by atoms with Crippen molar-refractivity contribution in [2.24, 2.45) is 0 Å². The van der Waals surface area contributed by atoms with Crippen LogP contribution in [0.25, 0.3) is 0 Å². The molecule has 0 atom stereocenters. The normalized spacial score (nSPS) is 11.0. The van der Waals surface area contributed by atoms with Gasteiger partial charge in [-0.25, -0.2) is 0 Å². The van der Waals surface area contributed by atoms with E-state index in [9.17, 15) is 19.2 Å². The van der Waals surface area contributed by atoms with E-state index in [1.807, 2.05) is 44.1 Å². The zero-order valence-corrected chi connectivity index (χ0v) is 29.2. The van der Waals surface area contributed by atoms with Crippen molar-refractivity contribution in [1.82, 2.24) is 4.90 Å². The van der Waals surface area contributed by atoms with E-state index in [-0.39, 0.29) is 38.0 Å². The number of hydrogen-bond donors (Lipinski definition) is 0. The predicted octanol–water partition coefficient (Wildman–Crippen LogP) is 7.98. The summed E-state index contributed by atoms with van der Waals surface area (Å²) < 4.78 is 21.4. The van der Waals surface area contributed by atoms with Gasteiger partial charge in [0.2, 0.25) is 0 Å². The molecule has 0 aliphatic heterocycles. The van der Waals surface area contributed by atoms with Gasteiger partial charge in [-0.05, 0) is 62.5 Å². The lowest BCUT2D eigenvalue weighted by Crippen LogP contribution is -2.13. The van der Waals surface area contributed by atoms with E-state index in [4.69, 9.17) is 18.9 Å². The van der Waals surface area contributed by atoms with Gasteiger partial charge in [-0.3, -0.25) is 19.2 Å². The molecule has 9 heteroatoms. The quantitative estimate of drug-likeness (QED) is 0.0508. The van der Waals surface area contributed by atoms with E-state index in [2.05, 4.69) is 6.92 Å². The molecule has 1 aromatic rings. The number of rotatable bonds is 28. The van der Waals surface area contributed by atoms with Crippen LogP contribution in [-0.2, 0) is 57.9 Å². The average molecular weight is 648 g/mol. The highest BCUT2D eigenvalue weighted by atomic mass is 16.5. The highest BCUT2D eigenvalue weighted by Crippen LogP contribution is 2.16. The minimum atomic E-state index is -0.457. The SMILES string of the molecule is CCCCCCCC(=O)OCCCCCCCCCCOC(=O)CCC(=O)OCc1cc(COC(=O)CCC)cc(CN(C)C)c1. The molecule has 1 rings (SSSR count). The molecule has 0 aliphatic carbocycles. The van der Waals surface area contributed by atoms with Crippen molar-refractivity contribution in [2.75, 3.05) is 27.3 Å². The molecule has 0 heterocycles. The van der Waals surface area contributed by atoms with Crippen LogP contribution in [0.3, 0.4) is 0 Å². The minimum absolute atomic E-state index is 0.00754. The largest absolute Gasteiger partial charge is 0.466 e. The van der Waals surface area contributed by atoms with Gasteiger partial charge in [0.05, 0.1) is 26.1 Å². The van der Waals surface area contributed by atoms with E-state index < -0.39 is 11.9 Å². The van der Waals surface area contributed by atoms with Crippen LogP contribution in [-0.4, -0.2) is 56.1 Å². The molecule has 0 saturated carbocycles. The standard InChI is InChI=1S/C37H61NO8/c1-5-7-8-13-16-20-35(40)43-23-17-14-11-9-10-12-15-18-24-44-36(41)21-22-37(42)46-30-33-26-31(28-38(3)4)25-32(27-33)29-45-34(39)19-6-2/h25-27H,5-24,28-30H2,1-4H3. The number of hydrogen-bond acceptors (Lipinski definition) is 9. The van der Waals surface area contributed by atoms with Crippen LogP contribution in [0.4, 0.5) is 0 Å². The van der Waals surface area contributed by atoms with Crippen LogP contribution in [0, 0.1) is 0 Å². The maximum atomic E-state index is 12.3. The second-order valence-electron chi connectivity index (χ2n) is 12.4. The van der Waals surface area contributed by atoms with Crippen molar-refractivity contribution in [3.05, 3.63) is 34.9 Å². The third-order valence-electron chi connectivity index (χ3n) is 7.45. The zero-order valence-electron chi connectivity index (χ0n) is 29.2. The van der Waals surface area contributed by atoms with E-state index in [1.54, 1.807) is 0 Å². The van der Waals surface area contributed by atoms with Crippen LogP contribution < -0.4 is 0 Å². The highest BCUT2D eigenvalue weighted by molar-refractivity contribution is 5.77. The van der Waals surface area contributed by atoms with Crippen molar-refractivity contribution in [3.63, 3.8) is 0 Å². The minimum Gasteiger partial charge on any atom is -0.466 e. The molecule has 0 bridgehead atoms. The second kappa shape index (κ2) is 27.2. The van der Waals surface area contributed by atoms with Gasteiger partial charge in [0.15, 0.2) is 0 Å². The fraction of sp³-hybridized carbons (Fsp3) is 0.730. The number of nitrogens with zero attached hydrogens (tertiary/aromatic N) is 1. The van der Waals surface area contributed by atoms with Crippen LogP contribution in [0.15, 0.2) is 18.2 Å². The molecule has 0 amide bonds. The summed E-state index contributed by atoms with van der Waals surface area (Å²) in [5.74, 6) is -1.14. The van der Waals surface area contributed by atoms with Gasteiger partial charge in [-0.15, -0.1) is 0 Å². The molecule has 0 fully saturated rings. The Bertz CT molecular complexity index is 994. The van der Waals surface area contributed by atoms with Crippen molar-refractivity contribution >= 4 is 23.9 Å². The molecule has 9 nitrogen and oxygen atoms in total. The lowest BCUT2D eigenvalue weighted by atomic mass is 10.1. The van der Waals surface area contributed by atoms with E-state index in [0.29, 0.717) is 32.6 Å². The Balaban J connectivity index is 2.11. The number of carbonyl (C=O) groups excluding carboxylic acids is 4. The predicted molar refractivity (Wildman–Crippen MR) is 180 cm³/mol. The summed E-state index contributed by atoms with van der Waals surface area (Å²) in [5.41, 5.74) is 2.68. The molecule has 262 valence electrons. The Labute approximate surface area is 278 Å². The topological polar surface area (TPSA) is 108 Å². The van der Waals surface area contributed by atoms with Gasteiger partial charge in [0.1, 0.15) is 13.2 Å². The Morgan fingerprint density at radius 1 is 0.478 bits per heavy atom. The molecular weight excluding hydrogens is 586 g/mol. The Kier molecular flexibility index (Phi) is 24.3. The molecule has 0 unspecified atom stereocenters. The summed E-state index contributed by atoms with van der Waals surface area (Å²) in [4.78, 5) is 49.9. The van der Waals surface area contributed by atoms with Gasteiger partial charge in [0.25, 0.3) is 0 Å². The molecule has 0 aromatic heterocycles. The Hall–Kier alpha value is -2.94. The summed E-state index contributed by atoms with van der Waals surface area (Å²) in [5, 5.41) is 0. The first kappa shape index (κ1) is 41.1. The van der Waals surface area contributed by atoms with Crippen molar-refractivity contribution in [2.45, 2.75) is 149 Å². The van der Waals surface area contributed by atoms with Crippen molar-refractivity contribution < 1.29 is 38.1 Å². The molecule has 1 aromatic carbocycles. The van der Waals surface area contributed by atoms with Crippen LogP contribution in [0.2, 0.25) is 0 Å². The van der Waals surface area contributed by atoms with Crippen molar-refractivity contribution in [1.29, 1.82) is 0 Å². The lowest BCUT2D eigenvalue weighted by molar-refractivity contribution is -0.151. The number of benzene rings is 1. The maximum absolute atomic E-state index is 12.3. The smallest absolute Gasteiger partial charge is 0.306 e. The molecule has 46 heavy (non-hydrogen) atoms. The summed E-state index contributed by atoms with van der Waals surface area (Å²) in [6.45, 7) is 5.96. The number of esters is 4. The van der Waals surface area contributed by atoms with Crippen LogP contribution >= 0.6 is 0 Å². The Morgan fingerprint density at radius 2 is 0.891 bits per heavy atom. The monoisotopic (exact) mass is 647 g/mol. The summed E-state index contributed by atoms with van der Waals surface area (Å²) in [7, 11) is 3.94. The average Bonchev–Trinajstić information content (AvgIpc) is 3.02. The fourth-order valence-electron chi connectivity index (χ4n) is 5.00. The van der Waals surface area contributed by atoms with Gasteiger partial charge >= 0.3 is 23.9 Å². The van der Waals surface area contributed by atoms with Crippen molar-refractivity contribution in [3.8, 4) is 0 Å². The summed E-state index contributed by atoms with van der Waals surface area (Å²) >= 11 is 0. The molecule has 0 N–H and O–H groups in total. The third-order valence-corrected chi connectivity index (χ3v) is 7.45. The molecule has 0 radical (unpaired) electrons. The molecule has 0 aliphatic rings. The maximum Gasteiger partial charge on any atom is 0.306 e. The van der Waals surface area contributed by atoms with Gasteiger partial charge in [-0.1, -0.05) is 90.2 Å². The Morgan fingerprint density at radius 3 is 1.39 bits per heavy atom. The van der Waals surface area contributed by atoms with Gasteiger partial charge in [-0.2, -0.15) is 0 Å². The van der Waals surface area contributed by atoms with Gasteiger partial charge in [0, 0.05) is 19.4 Å². The zero-order chi connectivity index (χ0) is 33.8. The first-order valence-corrected chi connectivity index (χ1v) is 17.6. The fourth-order valence-corrected chi connectivity index (χ4v) is 5.00. The van der Waals surface area contributed by atoms with E-state index in [0.717, 1.165) is 87.3 Å². The first-order chi connectivity index (χ1) is 22.2. The summed E-state index contributed by atoms with van der Waals surface area (Å²) in [6, 6.07) is 5.83.